The molecule has 8 heteroatoms. The molecule has 1 rings (SSSR count). The summed E-state index contributed by atoms with van der Waals surface area (Å²) in [6.07, 6.45) is -4.54. The average Bonchev–Trinajstić information content (AvgIpc) is 2.24. The monoisotopic (exact) mass is 277 g/mol. The van der Waals surface area contributed by atoms with E-state index in [1.807, 2.05) is 32.8 Å². The highest BCUT2D eigenvalue weighted by Gasteiger charge is 2.33. The number of alkyl halides is 3. The van der Waals surface area contributed by atoms with Gasteiger partial charge in [0.2, 0.25) is 5.95 Å². The van der Waals surface area contributed by atoms with E-state index in [2.05, 4.69) is 15.3 Å². The highest BCUT2D eigenvalue weighted by molar-refractivity contribution is 5.41. The number of hydrogen-bond donors (Lipinski definition) is 2. The number of nitrogens with zero attached hydrogens (tertiary/aromatic N) is 3. The molecule has 0 atom stereocenters. The molecule has 1 aromatic heterocycles. The van der Waals surface area contributed by atoms with E-state index in [4.69, 9.17) is 5.73 Å². The average molecular weight is 277 g/mol. The van der Waals surface area contributed by atoms with Gasteiger partial charge in [-0.1, -0.05) is 0 Å². The van der Waals surface area contributed by atoms with Crippen LogP contribution in [0.25, 0.3) is 0 Å². The zero-order valence-electron chi connectivity index (χ0n) is 11.3. The second-order valence-electron chi connectivity index (χ2n) is 5.05. The second-order valence-corrected chi connectivity index (χ2v) is 5.05. The summed E-state index contributed by atoms with van der Waals surface area (Å²) in [7, 11) is 3.77. The lowest BCUT2D eigenvalue weighted by Crippen LogP contribution is -2.44. The highest BCUT2D eigenvalue weighted by atomic mass is 19.4. The number of aromatic nitrogens is 2. The molecule has 0 amide bonds. The maximum absolute atomic E-state index is 12.6. The Morgan fingerprint density at radius 3 is 2.32 bits per heavy atom. The largest absolute Gasteiger partial charge is 0.433 e. The fraction of sp³-hybridized carbons (Fsp3) is 0.636. The Morgan fingerprint density at radius 2 is 1.84 bits per heavy atom. The number of hydrogen-bond acceptors (Lipinski definition) is 5. The van der Waals surface area contributed by atoms with Crippen LogP contribution in [0.15, 0.2) is 6.07 Å². The van der Waals surface area contributed by atoms with Crippen LogP contribution in [0.5, 0.6) is 0 Å². The van der Waals surface area contributed by atoms with Crippen LogP contribution in [0.2, 0.25) is 0 Å². The summed E-state index contributed by atoms with van der Waals surface area (Å²) in [5.41, 5.74) is 3.99. The van der Waals surface area contributed by atoms with Crippen molar-refractivity contribution in [3.8, 4) is 0 Å². The number of anilines is 2. The molecule has 0 aliphatic heterocycles. The van der Waals surface area contributed by atoms with E-state index in [9.17, 15) is 13.2 Å². The lowest BCUT2D eigenvalue weighted by Gasteiger charge is -2.32. The molecule has 1 heterocycles. The number of nitrogens with one attached hydrogen (secondary N) is 1. The fourth-order valence-corrected chi connectivity index (χ4v) is 1.17. The first-order chi connectivity index (χ1) is 8.52. The Hall–Kier alpha value is -1.57. The molecule has 0 spiro atoms. The van der Waals surface area contributed by atoms with Gasteiger partial charge in [0.1, 0.15) is 5.82 Å². The van der Waals surface area contributed by atoms with Crippen molar-refractivity contribution in [2.45, 2.75) is 25.6 Å². The van der Waals surface area contributed by atoms with Gasteiger partial charge in [-0.3, -0.25) is 0 Å². The van der Waals surface area contributed by atoms with Gasteiger partial charge in [-0.05, 0) is 27.9 Å². The summed E-state index contributed by atoms with van der Waals surface area (Å²) in [5, 5.41) is 2.85. The van der Waals surface area contributed by atoms with E-state index in [0.717, 1.165) is 6.07 Å². The van der Waals surface area contributed by atoms with Gasteiger partial charge in [0.25, 0.3) is 0 Å². The molecule has 0 bridgehead atoms. The third-order valence-corrected chi connectivity index (χ3v) is 2.95. The first-order valence-corrected chi connectivity index (χ1v) is 5.65. The molecule has 0 fully saturated rings. The van der Waals surface area contributed by atoms with Crippen molar-refractivity contribution in [2.24, 2.45) is 0 Å². The van der Waals surface area contributed by atoms with Gasteiger partial charge in [-0.15, -0.1) is 0 Å². The highest BCUT2D eigenvalue weighted by Crippen LogP contribution is 2.29. The van der Waals surface area contributed by atoms with Gasteiger partial charge >= 0.3 is 6.18 Å². The molecule has 0 aliphatic rings. The molecule has 0 saturated carbocycles. The maximum atomic E-state index is 12.6. The number of rotatable bonds is 4. The van der Waals surface area contributed by atoms with Crippen LogP contribution in [0, 0.1) is 0 Å². The summed E-state index contributed by atoms with van der Waals surface area (Å²) in [6.45, 7) is 4.33. The molecule has 1 aromatic rings. The third-order valence-electron chi connectivity index (χ3n) is 2.95. The number of nitrogen functional groups attached to an aromatic ring is 1. The van der Waals surface area contributed by atoms with Crippen molar-refractivity contribution in [3.63, 3.8) is 0 Å². The van der Waals surface area contributed by atoms with Crippen molar-refractivity contribution in [2.75, 3.05) is 31.7 Å². The molecule has 3 N–H and O–H groups in total. The lowest BCUT2D eigenvalue weighted by molar-refractivity contribution is -0.141. The Labute approximate surface area is 110 Å². The predicted molar refractivity (Wildman–Crippen MR) is 67.7 cm³/mol. The lowest BCUT2D eigenvalue weighted by atomic mass is 10.0. The van der Waals surface area contributed by atoms with E-state index in [1.165, 1.54) is 0 Å². The number of nitrogens with two attached hydrogens (primary N) is 1. The van der Waals surface area contributed by atoms with Gasteiger partial charge < -0.3 is 16.0 Å². The van der Waals surface area contributed by atoms with Crippen LogP contribution < -0.4 is 11.1 Å². The summed E-state index contributed by atoms with van der Waals surface area (Å²) < 4.78 is 37.7. The van der Waals surface area contributed by atoms with Gasteiger partial charge in [-0.2, -0.15) is 18.2 Å². The first-order valence-electron chi connectivity index (χ1n) is 5.65. The minimum atomic E-state index is -4.54. The molecule has 0 aliphatic carbocycles. The number of halogens is 3. The molecule has 108 valence electrons. The van der Waals surface area contributed by atoms with E-state index in [1.54, 1.807) is 0 Å². The molecular weight excluding hydrogens is 259 g/mol. The van der Waals surface area contributed by atoms with Crippen LogP contribution in [0.1, 0.15) is 19.5 Å². The molecule has 19 heavy (non-hydrogen) atoms. The maximum Gasteiger partial charge on any atom is 0.433 e. The topological polar surface area (TPSA) is 67.1 Å². The van der Waals surface area contributed by atoms with Gasteiger partial charge in [0, 0.05) is 18.2 Å². The molecule has 0 radical (unpaired) electrons. The third kappa shape index (κ3) is 4.23. The van der Waals surface area contributed by atoms with Crippen LogP contribution >= 0.6 is 0 Å². The zero-order valence-corrected chi connectivity index (χ0v) is 11.3. The minimum absolute atomic E-state index is 0.0646. The molecule has 0 aromatic carbocycles. The van der Waals surface area contributed by atoms with Crippen LogP contribution in [-0.4, -0.2) is 41.0 Å². The first kappa shape index (κ1) is 15.5. The minimum Gasteiger partial charge on any atom is -0.368 e. The molecule has 5 nitrogen and oxygen atoms in total. The predicted octanol–water partition coefficient (Wildman–Crippen LogP) is 1.83. The van der Waals surface area contributed by atoms with Gasteiger partial charge in [0.05, 0.1) is 0 Å². The van der Waals surface area contributed by atoms with Gasteiger partial charge in [0.15, 0.2) is 5.69 Å². The normalized spacial score (nSPS) is 12.8. The molecule has 0 saturated heterocycles. The zero-order chi connectivity index (χ0) is 14.8. The van der Waals surface area contributed by atoms with Crippen LogP contribution in [0.3, 0.4) is 0 Å². The van der Waals surface area contributed by atoms with Crippen molar-refractivity contribution >= 4 is 11.8 Å². The summed E-state index contributed by atoms with van der Waals surface area (Å²) >= 11 is 0. The standard InChI is InChI=1S/C11H18F3N5/c1-10(2,19(3)4)6-16-8-5-7(11(12,13)14)17-9(15)18-8/h5H,6H2,1-4H3,(H3,15,16,17,18). The van der Waals surface area contributed by atoms with E-state index in [0.29, 0.717) is 6.54 Å². The molecular formula is C11H18F3N5. The number of likely N-dealkylation sites (N-methyl/N-ethyl adjacent to an activating group) is 1. The second kappa shape index (κ2) is 5.20. The summed E-state index contributed by atoms with van der Waals surface area (Å²) in [6, 6.07) is 0.849. The summed E-state index contributed by atoms with van der Waals surface area (Å²) in [5.74, 6) is -0.338. The van der Waals surface area contributed by atoms with Crippen molar-refractivity contribution in [1.29, 1.82) is 0 Å². The van der Waals surface area contributed by atoms with Crippen LogP contribution in [0.4, 0.5) is 24.9 Å². The van der Waals surface area contributed by atoms with Crippen LogP contribution in [-0.2, 0) is 6.18 Å². The van der Waals surface area contributed by atoms with Crippen molar-refractivity contribution in [1.82, 2.24) is 14.9 Å². The van der Waals surface area contributed by atoms with E-state index >= 15 is 0 Å². The van der Waals surface area contributed by atoms with Crippen molar-refractivity contribution in [3.05, 3.63) is 11.8 Å². The Morgan fingerprint density at radius 1 is 1.26 bits per heavy atom. The molecule has 0 unspecified atom stereocenters. The SMILES string of the molecule is CN(C)C(C)(C)CNc1cc(C(F)(F)F)nc(N)n1. The van der Waals surface area contributed by atoms with E-state index in [-0.39, 0.29) is 11.4 Å². The van der Waals surface area contributed by atoms with E-state index < -0.39 is 17.8 Å². The van der Waals surface area contributed by atoms with Crippen molar-refractivity contribution < 1.29 is 13.2 Å². The summed E-state index contributed by atoms with van der Waals surface area (Å²) in [4.78, 5) is 8.88. The quantitative estimate of drug-likeness (QED) is 0.879. The smallest absolute Gasteiger partial charge is 0.368 e. The Balaban J connectivity index is 2.88. The fourth-order valence-electron chi connectivity index (χ4n) is 1.17. The Bertz CT molecular complexity index is 442. The Kier molecular flexibility index (Phi) is 4.24. The van der Waals surface area contributed by atoms with Gasteiger partial charge in [-0.25, -0.2) is 4.98 Å².